The van der Waals surface area contributed by atoms with Crippen molar-refractivity contribution in [2.45, 2.75) is 26.2 Å². The fourth-order valence-electron chi connectivity index (χ4n) is 4.68. The van der Waals surface area contributed by atoms with Gasteiger partial charge in [0.2, 0.25) is 15.9 Å². The first-order chi connectivity index (χ1) is 16.9. The lowest BCUT2D eigenvalue weighted by molar-refractivity contribution is -0.128. The van der Waals surface area contributed by atoms with E-state index in [0.29, 0.717) is 37.6 Å². The number of rotatable bonds is 6. The second-order valence-corrected chi connectivity index (χ2v) is 10.8. The molecule has 1 N–H and O–H groups in total. The van der Waals surface area contributed by atoms with Crippen LogP contribution in [0.3, 0.4) is 0 Å². The van der Waals surface area contributed by atoms with E-state index < -0.39 is 21.7 Å². The van der Waals surface area contributed by atoms with Crippen LogP contribution in [0.1, 0.15) is 25.0 Å². The number of nitrogens with one attached hydrogen (secondary N) is 1. The first-order valence-electron chi connectivity index (χ1n) is 11.9. The third-order valence-electron chi connectivity index (χ3n) is 6.49. The van der Waals surface area contributed by atoms with Crippen LogP contribution in [0, 0.1) is 6.92 Å². The van der Waals surface area contributed by atoms with E-state index in [2.05, 4.69) is 29.6 Å². The largest absolute Gasteiger partial charge is 0.372 e. The molecule has 0 unspecified atom stereocenters. The summed E-state index contributed by atoms with van der Waals surface area (Å²) in [6, 6.07) is 9.30. The van der Waals surface area contributed by atoms with Crippen molar-refractivity contribution in [1.29, 1.82) is 0 Å². The van der Waals surface area contributed by atoms with Gasteiger partial charge in [0.15, 0.2) is 0 Å². The van der Waals surface area contributed by atoms with Gasteiger partial charge in [-0.1, -0.05) is 0 Å². The van der Waals surface area contributed by atoms with Crippen molar-refractivity contribution in [2.75, 3.05) is 59.5 Å². The second kappa shape index (κ2) is 9.68. The first-order valence-corrected chi connectivity index (χ1v) is 13.6. The average molecular weight is 499 g/mol. The summed E-state index contributed by atoms with van der Waals surface area (Å²) < 4.78 is 29.6. The van der Waals surface area contributed by atoms with Crippen LogP contribution in [-0.4, -0.2) is 83.8 Å². The van der Waals surface area contributed by atoms with E-state index in [0.717, 1.165) is 30.3 Å². The molecule has 0 atom stereocenters. The van der Waals surface area contributed by atoms with Gasteiger partial charge < -0.3 is 14.7 Å². The maximum Gasteiger partial charge on any atom is 0.254 e. The van der Waals surface area contributed by atoms with Crippen LogP contribution < -0.4 is 14.5 Å². The van der Waals surface area contributed by atoms with Gasteiger partial charge in [0.25, 0.3) is 5.78 Å². The lowest BCUT2D eigenvalue weighted by atomic mass is 10.1. The molecule has 12 heteroatoms. The molecular weight excluding hydrogens is 468 g/mol. The van der Waals surface area contributed by atoms with Crippen LogP contribution in [0.25, 0.3) is 5.78 Å². The molecule has 2 aromatic heterocycles. The Morgan fingerprint density at radius 3 is 2.40 bits per heavy atom. The van der Waals surface area contributed by atoms with Crippen molar-refractivity contribution < 1.29 is 13.2 Å². The molecule has 186 valence electrons. The van der Waals surface area contributed by atoms with E-state index in [1.807, 2.05) is 25.1 Å². The number of fused-ring (bicyclic) bond motifs is 1. The number of carbonyl (C=O) groups excluding carboxylic acids is 1. The van der Waals surface area contributed by atoms with Gasteiger partial charge in [0.05, 0.1) is 0 Å². The Kier molecular flexibility index (Phi) is 6.46. The van der Waals surface area contributed by atoms with Gasteiger partial charge in [0, 0.05) is 62.4 Å². The number of hydrogen-bond donors (Lipinski definition) is 1. The monoisotopic (exact) mass is 498 g/mol. The molecule has 0 saturated carbocycles. The molecule has 2 fully saturated rings. The van der Waals surface area contributed by atoms with E-state index in [4.69, 9.17) is 0 Å². The number of piperazine rings is 1. The van der Waals surface area contributed by atoms with Crippen molar-refractivity contribution in [3.63, 3.8) is 0 Å². The Morgan fingerprint density at radius 1 is 0.971 bits per heavy atom. The van der Waals surface area contributed by atoms with Gasteiger partial charge >= 0.3 is 0 Å². The Hall–Kier alpha value is -3.41. The summed E-state index contributed by atoms with van der Waals surface area (Å²) in [6.45, 7) is 5.93. The number of nitrogens with zero attached hydrogens (tertiary/aromatic N) is 7. The molecule has 1 amide bonds. The number of anilines is 3. The summed E-state index contributed by atoms with van der Waals surface area (Å²) >= 11 is 0. The van der Waals surface area contributed by atoms with Crippen molar-refractivity contribution in [1.82, 2.24) is 24.5 Å². The van der Waals surface area contributed by atoms with Gasteiger partial charge in [-0.15, -0.1) is 0 Å². The molecule has 2 saturated heterocycles. The zero-order valence-corrected chi connectivity index (χ0v) is 20.6. The fraction of sp³-hybridized carbons (Fsp3) is 0.478. The predicted octanol–water partition coefficient (Wildman–Crippen LogP) is 1.51. The maximum absolute atomic E-state index is 12.8. The third kappa shape index (κ3) is 5.31. The van der Waals surface area contributed by atoms with Gasteiger partial charge in [-0.05, 0) is 50.5 Å². The van der Waals surface area contributed by atoms with E-state index >= 15 is 0 Å². The SMILES string of the molecule is Cc1cc(N2CCN(C(=O)CS(=O)(=O)Nc3ccc(N4CCCCC4)cc3)CC2)n2ncnc2n1. The van der Waals surface area contributed by atoms with E-state index in [1.165, 1.54) is 25.6 Å². The predicted molar refractivity (Wildman–Crippen MR) is 134 cm³/mol. The summed E-state index contributed by atoms with van der Waals surface area (Å²) in [7, 11) is -3.81. The Bertz CT molecular complexity index is 1290. The summed E-state index contributed by atoms with van der Waals surface area (Å²) in [5, 5.41) is 4.24. The highest BCUT2D eigenvalue weighted by atomic mass is 32.2. The number of benzene rings is 1. The van der Waals surface area contributed by atoms with Crippen molar-refractivity contribution in [2.24, 2.45) is 0 Å². The van der Waals surface area contributed by atoms with Gasteiger partial charge in [-0.2, -0.15) is 14.6 Å². The standard InChI is InChI=1S/C23H30N8O3S/c1-18-15-21(31-23(26-18)24-17-25-31)29-11-13-30(14-12-29)22(32)16-35(33,34)27-19-5-7-20(8-6-19)28-9-3-2-4-10-28/h5-8,15,17,27H,2-4,9-14,16H2,1H3. The number of carbonyl (C=O) groups is 1. The first kappa shape index (κ1) is 23.3. The summed E-state index contributed by atoms with van der Waals surface area (Å²) in [5.74, 6) is 0.403. The number of hydrogen-bond acceptors (Lipinski definition) is 8. The number of piperidine rings is 1. The quantitative estimate of drug-likeness (QED) is 0.544. The van der Waals surface area contributed by atoms with E-state index in [-0.39, 0.29) is 0 Å². The molecule has 0 radical (unpaired) electrons. The summed E-state index contributed by atoms with van der Waals surface area (Å²) in [6.07, 6.45) is 5.08. The van der Waals surface area contributed by atoms with Crippen LogP contribution >= 0.6 is 0 Å². The number of sulfonamides is 1. The van der Waals surface area contributed by atoms with E-state index in [1.54, 1.807) is 21.5 Å². The second-order valence-electron chi connectivity index (χ2n) is 9.05. The normalized spacial score (nSPS) is 17.1. The summed E-state index contributed by atoms with van der Waals surface area (Å²) in [4.78, 5) is 27.3. The van der Waals surface area contributed by atoms with Crippen LogP contribution in [0.4, 0.5) is 17.2 Å². The molecule has 1 aromatic carbocycles. The Balaban J connectivity index is 1.16. The topological polar surface area (TPSA) is 116 Å². The Labute approximate surface area is 204 Å². The smallest absolute Gasteiger partial charge is 0.254 e. The lowest BCUT2D eigenvalue weighted by Crippen LogP contribution is -2.51. The highest BCUT2D eigenvalue weighted by Crippen LogP contribution is 2.23. The molecule has 3 aromatic rings. The van der Waals surface area contributed by atoms with Crippen LogP contribution in [0.5, 0.6) is 0 Å². The molecular formula is C23H30N8O3S. The fourth-order valence-corrected chi connectivity index (χ4v) is 5.76. The molecule has 2 aliphatic heterocycles. The molecule has 4 heterocycles. The molecule has 5 rings (SSSR count). The number of aryl methyl sites for hydroxylation is 1. The Morgan fingerprint density at radius 2 is 1.69 bits per heavy atom. The molecule has 2 aliphatic rings. The lowest BCUT2D eigenvalue weighted by Gasteiger charge is -2.35. The minimum atomic E-state index is -3.81. The van der Waals surface area contributed by atoms with Crippen LogP contribution in [0.15, 0.2) is 36.7 Å². The maximum atomic E-state index is 12.8. The van der Waals surface area contributed by atoms with Gasteiger partial charge in [-0.25, -0.2) is 13.4 Å². The highest BCUT2D eigenvalue weighted by molar-refractivity contribution is 7.93. The van der Waals surface area contributed by atoms with Crippen molar-refractivity contribution in [3.8, 4) is 0 Å². The minimum Gasteiger partial charge on any atom is -0.372 e. The van der Waals surface area contributed by atoms with E-state index in [9.17, 15) is 13.2 Å². The van der Waals surface area contributed by atoms with Crippen LogP contribution in [0.2, 0.25) is 0 Å². The highest BCUT2D eigenvalue weighted by Gasteiger charge is 2.27. The molecule has 0 aliphatic carbocycles. The molecule has 0 spiro atoms. The minimum absolute atomic E-state index is 0.404. The zero-order valence-electron chi connectivity index (χ0n) is 19.8. The van der Waals surface area contributed by atoms with Crippen molar-refractivity contribution in [3.05, 3.63) is 42.4 Å². The average Bonchev–Trinajstić information content (AvgIpc) is 3.32. The molecule has 35 heavy (non-hydrogen) atoms. The number of aromatic nitrogens is 4. The summed E-state index contributed by atoms with van der Waals surface area (Å²) in [5.41, 5.74) is 2.39. The van der Waals surface area contributed by atoms with Gasteiger partial charge in [0.1, 0.15) is 17.9 Å². The molecule has 0 bridgehead atoms. The third-order valence-corrected chi connectivity index (χ3v) is 7.67. The van der Waals surface area contributed by atoms with Crippen molar-refractivity contribution >= 4 is 38.9 Å². The molecule has 11 nitrogen and oxygen atoms in total. The van der Waals surface area contributed by atoms with Gasteiger partial charge in [-0.3, -0.25) is 9.52 Å². The zero-order chi connectivity index (χ0) is 24.4. The number of amides is 1. The van der Waals surface area contributed by atoms with Crippen LogP contribution in [-0.2, 0) is 14.8 Å².